The molecule has 2 N–H and O–H groups in total. The zero-order valence-electron chi connectivity index (χ0n) is 25.1. The van der Waals surface area contributed by atoms with Crippen molar-refractivity contribution >= 4 is 45.1 Å². The topological polar surface area (TPSA) is 62.8 Å². The van der Waals surface area contributed by atoms with Gasteiger partial charge in [0.25, 0.3) is 0 Å². The first-order valence-electron chi connectivity index (χ1n) is 15.2. The number of urea groups is 1. The number of amides is 2. The van der Waals surface area contributed by atoms with E-state index in [-0.39, 0.29) is 10.3 Å². The molecule has 1 atom stereocenters. The van der Waals surface area contributed by atoms with Gasteiger partial charge < -0.3 is 25.0 Å². The van der Waals surface area contributed by atoms with Gasteiger partial charge in [-0.25, -0.2) is 4.79 Å². The fraction of sp³-hybridized carbons (Fsp3) is 0.545. The van der Waals surface area contributed by atoms with Gasteiger partial charge in [0, 0.05) is 17.9 Å². The summed E-state index contributed by atoms with van der Waals surface area (Å²) >= 11 is 5.45. The Morgan fingerprint density at radius 1 is 0.927 bits per heavy atom. The Kier molecular flexibility index (Phi) is 15.4. The lowest BCUT2D eigenvalue weighted by Gasteiger charge is -2.24. The third-order valence-electron chi connectivity index (χ3n) is 7.28. The molecule has 2 aromatic carbocycles. The standard InChI is InChI=1S/C33H48BrN3O3S/c1-4-5-6-7-8-9-10-11-12-13-14-15-22-40-31-29(20-17-21-30(31)39-3)36-33(38)35-28-19-16-18-27(23-28)24-37-26(2)25-41-32(37)34/h16-21,23,25,32H,4-15,22,24H2,1-3H3,(H2,35,36,38). The second kappa shape index (κ2) is 19.0. The van der Waals surface area contributed by atoms with Gasteiger partial charge in [-0.05, 0) is 48.6 Å². The minimum atomic E-state index is -0.322. The van der Waals surface area contributed by atoms with Crippen molar-refractivity contribution in [3.63, 3.8) is 0 Å². The number of thioether (sulfide) groups is 1. The lowest BCUT2D eigenvalue weighted by molar-refractivity contribution is 0.261. The average molecular weight is 647 g/mol. The van der Waals surface area contributed by atoms with Gasteiger partial charge in [0.05, 0.1) is 19.4 Å². The maximum atomic E-state index is 12.9. The number of unbranched alkanes of at least 4 members (excludes halogenated alkanes) is 11. The van der Waals surface area contributed by atoms with Crippen molar-refractivity contribution in [1.29, 1.82) is 0 Å². The number of allylic oxidation sites excluding steroid dienone is 1. The smallest absolute Gasteiger partial charge is 0.323 e. The highest BCUT2D eigenvalue weighted by atomic mass is 79.9. The molecule has 1 heterocycles. The lowest BCUT2D eigenvalue weighted by Crippen LogP contribution is -2.23. The fourth-order valence-electron chi connectivity index (χ4n) is 4.92. The van der Waals surface area contributed by atoms with Gasteiger partial charge in [0.1, 0.15) is 4.28 Å². The first-order chi connectivity index (χ1) is 20.0. The molecular formula is C33H48BrN3O3S. The summed E-state index contributed by atoms with van der Waals surface area (Å²) in [5.74, 6) is 1.18. The Balaban J connectivity index is 1.41. The predicted molar refractivity (Wildman–Crippen MR) is 178 cm³/mol. The zero-order valence-corrected chi connectivity index (χ0v) is 27.5. The number of carbonyl (C=O) groups is 1. The van der Waals surface area contributed by atoms with Crippen molar-refractivity contribution in [2.75, 3.05) is 24.4 Å². The number of rotatable bonds is 19. The molecule has 0 fully saturated rings. The number of halogens is 1. The van der Waals surface area contributed by atoms with Crippen molar-refractivity contribution in [3.8, 4) is 11.5 Å². The van der Waals surface area contributed by atoms with Gasteiger partial charge >= 0.3 is 6.03 Å². The van der Waals surface area contributed by atoms with Gasteiger partial charge in [0.2, 0.25) is 0 Å². The molecule has 1 unspecified atom stereocenters. The van der Waals surface area contributed by atoms with Gasteiger partial charge in [-0.15, -0.1) is 0 Å². The summed E-state index contributed by atoms with van der Waals surface area (Å²) in [4.78, 5) is 15.2. The van der Waals surface area contributed by atoms with Crippen molar-refractivity contribution in [2.24, 2.45) is 0 Å². The van der Waals surface area contributed by atoms with Crippen LogP contribution in [0.3, 0.4) is 0 Å². The van der Waals surface area contributed by atoms with Gasteiger partial charge in [-0.3, -0.25) is 0 Å². The number of hydrogen-bond acceptors (Lipinski definition) is 5. The number of nitrogens with one attached hydrogen (secondary N) is 2. The monoisotopic (exact) mass is 645 g/mol. The average Bonchev–Trinajstić information content (AvgIpc) is 3.28. The van der Waals surface area contributed by atoms with E-state index in [1.807, 2.05) is 36.4 Å². The number of carbonyl (C=O) groups excluding carboxylic acids is 1. The van der Waals surface area contributed by atoms with Crippen LogP contribution in [0.4, 0.5) is 16.2 Å². The summed E-state index contributed by atoms with van der Waals surface area (Å²) in [7, 11) is 1.62. The number of methoxy groups -OCH3 is 1. The Hall–Kier alpha value is -2.32. The molecule has 0 saturated heterocycles. The number of anilines is 2. The SMILES string of the molecule is CCCCCCCCCCCCCCOc1c(NC(=O)Nc2cccc(CN3C(C)=CSC3Br)c2)cccc1OC. The molecule has 41 heavy (non-hydrogen) atoms. The third kappa shape index (κ3) is 11.8. The van der Waals surface area contributed by atoms with E-state index in [4.69, 9.17) is 9.47 Å². The summed E-state index contributed by atoms with van der Waals surface area (Å²) < 4.78 is 11.9. The van der Waals surface area contributed by atoms with E-state index in [2.05, 4.69) is 56.8 Å². The van der Waals surface area contributed by atoms with E-state index in [9.17, 15) is 4.79 Å². The van der Waals surface area contributed by atoms with Crippen molar-refractivity contribution in [3.05, 3.63) is 59.1 Å². The van der Waals surface area contributed by atoms with Crippen LogP contribution in [-0.2, 0) is 6.54 Å². The summed E-state index contributed by atoms with van der Waals surface area (Å²) in [6, 6.07) is 13.2. The van der Waals surface area contributed by atoms with Crippen LogP contribution in [0.25, 0.3) is 0 Å². The van der Waals surface area contributed by atoms with E-state index in [0.717, 1.165) is 30.6 Å². The first-order valence-corrected chi connectivity index (χ1v) is 17.1. The normalized spacial score (nSPS) is 14.6. The molecule has 0 spiro atoms. The van der Waals surface area contributed by atoms with E-state index in [1.54, 1.807) is 18.9 Å². The lowest BCUT2D eigenvalue weighted by atomic mass is 10.1. The molecular weight excluding hydrogens is 598 g/mol. The third-order valence-corrected chi connectivity index (χ3v) is 9.38. The molecule has 0 bridgehead atoms. The molecule has 8 heteroatoms. The van der Waals surface area contributed by atoms with Crippen LogP contribution in [0, 0.1) is 0 Å². The number of benzene rings is 2. The molecule has 6 nitrogen and oxygen atoms in total. The quantitative estimate of drug-likeness (QED) is 0.0904. The van der Waals surface area contributed by atoms with Crippen molar-refractivity contribution in [1.82, 2.24) is 4.90 Å². The van der Waals surface area contributed by atoms with Gasteiger partial charge in [-0.2, -0.15) is 0 Å². The second-order valence-electron chi connectivity index (χ2n) is 10.7. The van der Waals surface area contributed by atoms with Gasteiger partial charge in [-0.1, -0.05) is 123 Å². The number of hydrogen-bond donors (Lipinski definition) is 2. The summed E-state index contributed by atoms with van der Waals surface area (Å²) in [6.07, 6.45) is 15.6. The first kappa shape index (κ1) is 33.2. The molecule has 226 valence electrons. The van der Waals surface area contributed by atoms with Crippen LogP contribution in [0.5, 0.6) is 11.5 Å². The van der Waals surface area contributed by atoms with Crippen molar-refractivity contribution < 1.29 is 14.3 Å². The largest absolute Gasteiger partial charge is 0.493 e. The number of ether oxygens (including phenoxy) is 2. The molecule has 0 aromatic heterocycles. The maximum absolute atomic E-state index is 12.9. The van der Waals surface area contributed by atoms with Crippen LogP contribution in [0.2, 0.25) is 0 Å². The molecule has 2 aromatic rings. The molecule has 0 aliphatic carbocycles. The fourth-order valence-corrected chi connectivity index (χ4v) is 6.55. The zero-order chi connectivity index (χ0) is 29.3. The number of nitrogens with zero attached hydrogens (tertiary/aromatic N) is 1. The van der Waals surface area contributed by atoms with E-state index in [0.29, 0.717) is 23.8 Å². The molecule has 1 aliphatic rings. The van der Waals surface area contributed by atoms with E-state index >= 15 is 0 Å². The molecule has 0 saturated carbocycles. The molecule has 2 amide bonds. The minimum absolute atomic E-state index is 0.226. The van der Waals surface area contributed by atoms with Crippen LogP contribution >= 0.6 is 27.7 Å². The van der Waals surface area contributed by atoms with Gasteiger partial charge in [0.15, 0.2) is 11.5 Å². The second-order valence-corrected chi connectivity index (χ2v) is 13.1. The maximum Gasteiger partial charge on any atom is 0.323 e. The Bertz CT molecular complexity index is 1100. The Labute approximate surface area is 260 Å². The number of para-hydroxylation sites is 1. The summed E-state index contributed by atoms with van der Waals surface area (Å²) in [5, 5.41) is 8.07. The van der Waals surface area contributed by atoms with E-state index in [1.165, 1.54) is 69.9 Å². The van der Waals surface area contributed by atoms with Crippen molar-refractivity contribution in [2.45, 2.75) is 102 Å². The van der Waals surface area contributed by atoms with Crippen LogP contribution in [0.15, 0.2) is 53.6 Å². The van der Waals surface area contributed by atoms with Crippen LogP contribution in [0.1, 0.15) is 96.5 Å². The predicted octanol–water partition coefficient (Wildman–Crippen LogP) is 10.5. The Morgan fingerprint density at radius 2 is 1.59 bits per heavy atom. The van der Waals surface area contributed by atoms with E-state index < -0.39 is 0 Å². The number of alkyl halides is 1. The van der Waals surface area contributed by atoms with Crippen LogP contribution in [-0.4, -0.2) is 28.9 Å². The highest BCUT2D eigenvalue weighted by molar-refractivity contribution is 9.11. The minimum Gasteiger partial charge on any atom is -0.493 e. The van der Waals surface area contributed by atoms with Crippen LogP contribution < -0.4 is 20.1 Å². The molecule has 3 rings (SSSR count). The Morgan fingerprint density at radius 3 is 2.22 bits per heavy atom. The summed E-state index contributed by atoms with van der Waals surface area (Å²) in [5.41, 5.74) is 3.67. The summed E-state index contributed by atoms with van der Waals surface area (Å²) in [6.45, 7) is 5.73. The highest BCUT2D eigenvalue weighted by Gasteiger charge is 2.21. The molecule has 0 radical (unpaired) electrons. The highest BCUT2D eigenvalue weighted by Crippen LogP contribution is 2.37. The molecule has 1 aliphatic heterocycles.